The minimum Gasteiger partial charge on any atom is -0.397 e. The zero-order valence-corrected chi connectivity index (χ0v) is 11.6. The van der Waals surface area contributed by atoms with Gasteiger partial charge in [-0.2, -0.15) is 11.8 Å². The number of amides is 1. The first-order valence-corrected chi connectivity index (χ1v) is 7.21. The van der Waals surface area contributed by atoms with Gasteiger partial charge in [-0.15, -0.1) is 0 Å². The molecule has 0 saturated heterocycles. The number of aliphatic hydroxyl groups is 1. The van der Waals surface area contributed by atoms with E-state index in [0.717, 1.165) is 17.9 Å². The van der Waals surface area contributed by atoms with E-state index in [9.17, 15) is 4.79 Å². The molecule has 0 spiro atoms. The Morgan fingerprint density at radius 1 is 1.44 bits per heavy atom. The minimum absolute atomic E-state index is 0.207. The molecular weight excluding hydrogens is 272 g/mol. The van der Waals surface area contributed by atoms with Crippen LogP contribution in [0.25, 0.3) is 0 Å². The third kappa shape index (κ3) is 4.76. The molecule has 0 unspecified atom stereocenters. The molecule has 1 rings (SSSR count). The fourth-order valence-corrected chi connectivity index (χ4v) is 2.29. The van der Waals surface area contributed by atoms with Crippen molar-refractivity contribution in [3.05, 3.63) is 28.8 Å². The van der Waals surface area contributed by atoms with Crippen LogP contribution in [-0.2, 0) is 0 Å². The first kappa shape index (κ1) is 15.1. The van der Waals surface area contributed by atoms with Crippen molar-refractivity contribution in [1.29, 1.82) is 0 Å². The number of para-hydroxylation sites is 1. The van der Waals surface area contributed by atoms with Crippen LogP contribution < -0.4 is 11.1 Å². The van der Waals surface area contributed by atoms with Crippen molar-refractivity contribution < 1.29 is 9.90 Å². The zero-order chi connectivity index (χ0) is 13.4. The number of nitrogens with two attached hydrogens (primary N) is 1. The molecule has 0 aromatic heterocycles. The summed E-state index contributed by atoms with van der Waals surface area (Å²) >= 11 is 7.53. The van der Waals surface area contributed by atoms with Crippen molar-refractivity contribution in [3.63, 3.8) is 0 Å². The van der Waals surface area contributed by atoms with Crippen molar-refractivity contribution in [3.8, 4) is 0 Å². The van der Waals surface area contributed by atoms with E-state index in [-0.39, 0.29) is 12.5 Å². The maximum Gasteiger partial charge on any atom is 0.253 e. The van der Waals surface area contributed by atoms with Gasteiger partial charge in [-0.1, -0.05) is 17.7 Å². The lowest BCUT2D eigenvalue weighted by Gasteiger charge is -2.08. The lowest BCUT2D eigenvalue weighted by Crippen LogP contribution is -2.26. The Labute approximate surface area is 116 Å². The van der Waals surface area contributed by atoms with Gasteiger partial charge in [-0.3, -0.25) is 4.79 Å². The summed E-state index contributed by atoms with van der Waals surface area (Å²) in [5.41, 5.74) is 6.44. The maximum absolute atomic E-state index is 11.8. The van der Waals surface area contributed by atoms with E-state index in [1.54, 1.807) is 30.0 Å². The second-order valence-corrected chi connectivity index (χ2v) is 5.28. The van der Waals surface area contributed by atoms with E-state index < -0.39 is 0 Å². The average molecular weight is 289 g/mol. The van der Waals surface area contributed by atoms with Crippen LogP contribution in [-0.4, -0.2) is 35.7 Å². The Morgan fingerprint density at radius 3 is 2.94 bits per heavy atom. The SMILES string of the molecule is Nc1c(Cl)cccc1C(=O)NCCSCCCO. The van der Waals surface area contributed by atoms with E-state index in [1.165, 1.54) is 0 Å². The number of hydrogen-bond donors (Lipinski definition) is 3. The highest BCUT2D eigenvalue weighted by Gasteiger charge is 2.10. The summed E-state index contributed by atoms with van der Waals surface area (Å²) in [6.45, 7) is 0.777. The summed E-state index contributed by atoms with van der Waals surface area (Å²) in [6, 6.07) is 5.00. The fraction of sp³-hybridized carbons (Fsp3) is 0.417. The van der Waals surface area contributed by atoms with Crippen molar-refractivity contribution >= 4 is 35.0 Å². The zero-order valence-electron chi connectivity index (χ0n) is 9.99. The molecule has 0 atom stereocenters. The van der Waals surface area contributed by atoms with Crippen LogP contribution in [0, 0.1) is 0 Å². The summed E-state index contributed by atoms with van der Waals surface area (Å²) in [5.74, 6) is 1.50. The van der Waals surface area contributed by atoms with Gasteiger partial charge in [0.25, 0.3) is 5.91 Å². The van der Waals surface area contributed by atoms with Gasteiger partial charge >= 0.3 is 0 Å². The van der Waals surface area contributed by atoms with Crippen molar-refractivity contribution in [2.45, 2.75) is 6.42 Å². The standard InChI is InChI=1S/C12H17ClN2O2S/c13-10-4-1-3-9(11(10)14)12(17)15-5-8-18-7-2-6-16/h1,3-4,16H,2,5-8,14H2,(H,15,17). The second-order valence-electron chi connectivity index (χ2n) is 3.65. The predicted molar refractivity (Wildman–Crippen MR) is 77.2 cm³/mol. The van der Waals surface area contributed by atoms with Gasteiger partial charge in [-0.05, 0) is 24.3 Å². The number of benzene rings is 1. The predicted octanol–water partition coefficient (Wildman–Crippen LogP) is 1.77. The molecule has 4 nitrogen and oxygen atoms in total. The van der Waals surface area contributed by atoms with Crippen LogP contribution >= 0.6 is 23.4 Å². The van der Waals surface area contributed by atoms with Gasteiger partial charge in [0, 0.05) is 18.9 Å². The molecule has 0 radical (unpaired) electrons. The van der Waals surface area contributed by atoms with Gasteiger partial charge in [0.1, 0.15) is 0 Å². The topological polar surface area (TPSA) is 75.4 Å². The molecule has 0 heterocycles. The Bertz CT molecular complexity index is 402. The molecular formula is C12H17ClN2O2S. The van der Waals surface area contributed by atoms with Crippen LogP contribution in [0.1, 0.15) is 16.8 Å². The molecule has 6 heteroatoms. The molecule has 1 amide bonds. The Morgan fingerprint density at radius 2 is 2.22 bits per heavy atom. The summed E-state index contributed by atoms with van der Waals surface area (Å²) in [4.78, 5) is 11.8. The third-order valence-electron chi connectivity index (χ3n) is 2.28. The molecule has 0 fully saturated rings. The molecule has 0 aliphatic rings. The van der Waals surface area contributed by atoms with E-state index >= 15 is 0 Å². The van der Waals surface area contributed by atoms with E-state index in [2.05, 4.69) is 5.32 Å². The first-order valence-electron chi connectivity index (χ1n) is 5.67. The molecule has 0 bridgehead atoms. The average Bonchev–Trinajstić information content (AvgIpc) is 2.36. The van der Waals surface area contributed by atoms with Gasteiger partial charge in [0.05, 0.1) is 16.3 Å². The summed E-state index contributed by atoms with van der Waals surface area (Å²) in [6.07, 6.45) is 0.778. The first-order chi connectivity index (χ1) is 8.66. The number of halogens is 1. The Balaban J connectivity index is 2.35. The number of thioether (sulfide) groups is 1. The van der Waals surface area contributed by atoms with Gasteiger partial charge in [-0.25, -0.2) is 0 Å². The summed E-state index contributed by atoms with van der Waals surface area (Å²) in [5, 5.41) is 11.8. The molecule has 100 valence electrons. The minimum atomic E-state index is -0.210. The van der Waals surface area contributed by atoms with Crippen molar-refractivity contribution in [2.24, 2.45) is 0 Å². The van der Waals surface area contributed by atoms with Gasteiger partial charge in [0.15, 0.2) is 0 Å². The second kappa shape index (κ2) is 8.24. The van der Waals surface area contributed by atoms with Crippen molar-refractivity contribution in [1.82, 2.24) is 5.32 Å². The van der Waals surface area contributed by atoms with Crippen LogP contribution in [0.5, 0.6) is 0 Å². The molecule has 1 aromatic carbocycles. The van der Waals surface area contributed by atoms with Crippen LogP contribution in [0.4, 0.5) is 5.69 Å². The van der Waals surface area contributed by atoms with E-state index in [0.29, 0.717) is 22.8 Å². The number of anilines is 1. The molecule has 0 aliphatic carbocycles. The lowest BCUT2D eigenvalue weighted by atomic mass is 10.1. The maximum atomic E-state index is 11.8. The monoisotopic (exact) mass is 288 g/mol. The number of rotatable bonds is 7. The molecule has 0 aliphatic heterocycles. The number of nitrogen functional groups attached to an aromatic ring is 1. The Hall–Kier alpha value is -0.910. The number of carbonyl (C=O) groups excluding carboxylic acids is 1. The highest BCUT2D eigenvalue weighted by molar-refractivity contribution is 7.99. The van der Waals surface area contributed by atoms with Crippen molar-refractivity contribution in [2.75, 3.05) is 30.4 Å². The third-order valence-corrected chi connectivity index (χ3v) is 3.68. The van der Waals surface area contributed by atoms with Crippen LogP contribution in [0.3, 0.4) is 0 Å². The number of hydrogen-bond acceptors (Lipinski definition) is 4. The van der Waals surface area contributed by atoms with E-state index in [4.69, 9.17) is 22.4 Å². The van der Waals surface area contributed by atoms with Crippen LogP contribution in [0.15, 0.2) is 18.2 Å². The highest BCUT2D eigenvalue weighted by Crippen LogP contribution is 2.22. The van der Waals surface area contributed by atoms with E-state index in [1.807, 2.05) is 0 Å². The molecule has 4 N–H and O–H groups in total. The largest absolute Gasteiger partial charge is 0.397 e. The number of aliphatic hydroxyl groups excluding tert-OH is 1. The number of nitrogens with one attached hydrogen (secondary N) is 1. The van der Waals surface area contributed by atoms with Crippen LogP contribution in [0.2, 0.25) is 5.02 Å². The highest BCUT2D eigenvalue weighted by atomic mass is 35.5. The van der Waals surface area contributed by atoms with Gasteiger partial charge < -0.3 is 16.2 Å². The molecule has 18 heavy (non-hydrogen) atoms. The summed E-state index contributed by atoms with van der Waals surface area (Å²) in [7, 11) is 0. The molecule has 1 aromatic rings. The fourth-order valence-electron chi connectivity index (χ4n) is 1.34. The lowest BCUT2D eigenvalue weighted by molar-refractivity contribution is 0.0957. The number of carbonyl (C=O) groups is 1. The smallest absolute Gasteiger partial charge is 0.253 e. The molecule has 0 saturated carbocycles. The quantitative estimate of drug-likeness (QED) is 0.528. The normalized spacial score (nSPS) is 10.3. The Kier molecular flexibility index (Phi) is 6.93. The van der Waals surface area contributed by atoms with Gasteiger partial charge in [0.2, 0.25) is 0 Å². The summed E-state index contributed by atoms with van der Waals surface area (Å²) < 4.78 is 0.